The van der Waals surface area contributed by atoms with E-state index in [1.165, 1.54) is 0 Å². The molecule has 1 saturated carbocycles. The Morgan fingerprint density at radius 2 is 1.95 bits per heavy atom. The Labute approximate surface area is 125 Å². The molecular formula is C18H21FO2. The molecule has 0 amide bonds. The summed E-state index contributed by atoms with van der Waals surface area (Å²) in [6.45, 7) is 1.98. The van der Waals surface area contributed by atoms with Crippen molar-refractivity contribution in [2.45, 2.75) is 44.7 Å². The summed E-state index contributed by atoms with van der Waals surface area (Å²) >= 11 is 0. The van der Waals surface area contributed by atoms with Gasteiger partial charge in [-0.15, -0.1) is 0 Å². The summed E-state index contributed by atoms with van der Waals surface area (Å²) in [5.74, 6) is 1.05. The molecule has 0 heterocycles. The van der Waals surface area contributed by atoms with Gasteiger partial charge in [0.1, 0.15) is 17.2 Å². The highest BCUT2D eigenvalue weighted by Gasteiger charge is 2.49. The van der Waals surface area contributed by atoms with Crippen molar-refractivity contribution in [1.82, 2.24) is 0 Å². The number of methoxy groups -OCH3 is 1. The predicted octanol–water partition coefficient (Wildman–Crippen LogP) is 4.12. The summed E-state index contributed by atoms with van der Waals surface area (Å²) in [6.07, 6.45) is 6.16. The number of hydrogen-bond donors (Lipinski definition) is 0. The molecule has 2 aliphatic rings. The maximum absolute atomic E-state index is 15.6. The SMILES string of the molecule is COc1cccc2c1C=CC(F)(C1(C)CCC(=O)CC1)C2. The normalized spacial score (nSPS) is 27.3. The second-order valence-electron chi connectivity index (χ2n) is 6.50. The van der Waals surface area contributed by atoms with Crippen LogP contribution in [0.4, 0.5) is 4.39 Å². The molecule has 2 nitrogen and oxygen atoms in total. The highest BCUT2D eigenvalue weighted by atomic mass is 19.1. The fourth-order valence-corrected chi connectivity index (χ4v) is 3.57. The first-order valence-corrected chi connectivity index (χ1v) is 7.53. The van der Waals surface area contributed by atoms with Crippen molar-refractivity contribution in [3.05, 3.63) is 35.4 Å². The van der Waals surface area contributed by atoms with Crippen LogP contribution in [0.15, 0.2) is 24.3 Å². The summed E-state index contributed by atoms with van der Waals surface area (Å²) in [6, 6.07) is 5.77. The maximum Gasteiger partial charge on any atom is 0.138 e. The molecule has 0 radical (unpaired) electrons. The predicted molar refractivity (Wildman–Crippen MR) is 81.2 cm³/mol. The van der Waals surface area contributed by atoms with E-state index in [1.807, 2.05) is 31.2 Å². The Kier molecular flexibility index (Phi) is 3.39. The van der Waals surface area contributed by atoms with Crippen LogP contribution in [0, 0.1) is 5.41 Å². The maximum atomic E-state index is 15.6. The smallest absolute Gasteiger partial charge is 0.138 e. The summed E-state index contributed by atoms with van der Waals surface area (Å²) in [5.41, 5.74) is 0.117. The Morgan fingerprint density at radius 1 is 1.24 bits per heavy atom. The van der Waals surface area contributed by atoms with Gasteiger partial charge in [-0.25, -0.2) is 4.39 Å². The minimum absolute atomic E-state index is 0.262. The molecule has 3 heteroatoms. The molecule has 0 bridgehead atoms. The van der Waals surface area contributed by atoms with E-state index in [0.29, 0.717) is 32.1 Å². The van der Waals surface area contributed by atoms with Crippen LogP contribution in [0.5, 0.6) is 5.75 Å². The van der Waals surface area contributed by atoms with Crippen molar-refractivity contribution in [1.29, 1.82) is 0 Å². The zero-order valence-corrected chi connectivity index (χ0v) is 12.6. The van der Waals surface area contributed by atoms with Crippen molar-refractivity contribution in [3.63, 3.8) is 0 Å². The van der Waals surface area contributed by atoms with Crippen molar-refractivity contribution in [2.75, 3.05) is 7.11 Å². The number of alkyl halides is 1. The van der Waals surface area contributed by atoms with Gasteiger partial charge in [0, 0.05) is 30.2 Å². The van der Waals surface area contributed by atoms with E-state index in [4.69, 9.17) is 4.74 Å². The number of ketones is 1. The molecule has 0 aliphatic heterocycles. The Hall–Kier alpha value is -1.64. The minimum Gasteiger partial charge on any atom is -0.496 e. The lowest BCUT2D eigenvalue weighted by Gasteiger charge is -2.45. The van der Waals surface area contributed by atoms with E-state index >= 15 is 4.39 Å². The third-order valence-electron chi connectivity index (χ3n) is 5.25. The number of carbonyl (C=O) groups is 1. The van der Waals surface area contributed by atoms with Crippen LogP contribution in [-0.2, 0) is 11.2 Å². The molecule has 1 aromatic carbocycles. The van der Waals surface area contributed by atoms with E-state index in [9.17, 15) is 4.79 Å². The van der Waals surface area contributed by atoms with Crippen LogP contribution in [-0.4, -0.2) is 18.6 Å². The number of fused-ring (bicyclic) bond motifs is 1. The lowest BCUT2D eigenvalue weighted by molar-refractivity contribution is -0.124. The number of ether oxygens (including phenoxy) is 1. The molecular weight excluding hydrogens is 267 g/mol. The number of hydrogen-bond acceptors (Lipinski definition) is 2. The first-order valence-electron chi connectivity index (χ1n) is 7.53. The van der Waals surface area contributed by atoms with Gasteiger partial charge in [0.25, 0.3) is 0 Å². The number of rotatable bonds is 2. The van der Waals surface area contributed by atoms with Crippen LogP contribution in [0.2, 0.25) is 0 Å². The summed E-state index contributed by atoms with van der Waals surface area (Å²) in [7, 11) is 1.63. The lowest BCUT2D eigenvalue weighted by Crippen LogP contribution is -2.46. The van der Waals surface area contributed by atoms with E-state index in [1.54, 1.807) is 13.2 Å². The third kappa shape index (κ3) is 2.29. The fraction of sp³-hybridized carbons (Fsp3) is 0.500. The van der Waals surface area contributed by atoms with Crippen molar-refractivity contribution in [2.24, 2.45) is 5.41 Å². The Bertz CT molecular complexity index is 595. The van der Waals surface area contributed by atoms with Gasteiger partial charge in [-0.1, -0.05) is 25.1 Å². The number of Topliss-reactive ketones (excluding diaryl/α,β-unsaturated/α-hetero) is 1. The van der Waals surface area contributed by atoms with Crippen LogP contribution < -0.4 is 4.74 Å². The minimum atomic E-state index is -1.38. The molecule has 0 N–H and O–H groups in total. The zero-order valence-electron chi connectivity index (χ0n) is 12.6. The highest BCUT2D eigenvalue weighted by molar-refractivity contribution is 5.79. The largest absolute Gasteiger partial charge is 0.496 e. The van der Waals surface area contributed by atoms with Crippen LogP contribution >= 0.6 is 0 Å². The monoisotopic (exact) mass is 288 g/mol. The molecule has 0 saturated heterocycles. The fourth-order valence-electron chi connectivity index (χ4n) is 3.57. The number of halogens is 1. The average molecular weight is 288 g/mol. The van der Waals surface area contributed by atoms with E-state index in [0.717, 1.165) is 16.9 Å². The molecule has 1 fully saturated rings. The van der Waals surface area contributed by atoms with E-state index in [2.05, 4.69) is 0 Å². The summed E-state index contributed by atoms with van der Waals surface area (Å²) in [5, 5.41) is 0. The average Bonchev–Trinajstić information content (AvgIpc) is 2.49. The zero-order chi connectivity index (χ0) is 15.1. The molecule has 21 heavy (non-hydrogen) atoms. The number of benzene rings is 1. The van der Waals surface area contributed by atoms with Crippen LogP contribution in [0.25, 0.3) is 6.08 Å². The van der Waals surface area contributed by atoms with Crippen molar-refractivity contribution < 1.29 is 13.9 Å². The molecule has 1 unspecified atom stereocenters. The standard InChI is InChI=1S/C18H21FO2/c1-17(9-6-14(20)7-10-17)18(19)11-8-15-13(12-18)4-3-5-16(15)21-2/h3-5,8,11H,6-7,9-10,12H2,1-2H3. The number of allylic oxidation sites excluding steroid dienone is 1. The van der Waals surface area contributed by atoms with Crippen LogP contribution in [0.1, 0.15) is 43.7 Å². The molecule has 0 aromatic heterocycles. The second-order valence-corrected chi connectivity index (χ2v) is 6.50. The second kappa shape index (κ2) is 4.97. The topological polar surface area (TPSA) is 26.3 Å². The van der Waals surface area contributed by atoms with Crippen molar-refractivity contribution in [3.8, 4) is 5.75 Å². The van der Waals surface area contributed by atoms with Gasteiger partial charge in [-0.2, -0.15) is 0 Å². The van der Waals surface area contributed by atoms with E-state index in [-0.39, 0.29) is 5.78 Å². The van der Waals surface area contributed by atoms with Gasteiger partial charge in [-0.05, 0) is 30.5 Å². The number of carbonyl (C=O) groups excluding carboxylic acids is 1. The highest BCUT2D eigenvalue weighted by Crippen LogP contribution is 2.50. The van der Waals surface area contributed by atoms with Gasteiger partial charge in [0.2, 0.25) is 0 Å². The molecule has 1 atom stereocenters. The first-order chi connectivity index (χ1) is 9.97. The molecule has 0 spiro atoms. The molecule has 112 valence electrons. The van der Waals surface area contributed by atoms with E-state index < -0.39 is 11.1 Å². The Morgan fingerprint density at radius 3 is 2.62 bits per heavy atom. The molecule has 1 aromatic rings. The molecule has 3 rings (SSSR count). The van der Waals surface area contributed by atoms with Gasteiger partial charge < -0.3 is 4.74 Å². The van der Waals surface area contributed by atoms with Gasteiger partial charge in [-0.3, -0.25) is 4.79 Å². The quantitative estimate of drug-likeness (QED) is 0.818. The van der Waals surface area contributed by atoms with Gasteiger partial charge in [0.15, 0.2) is 0 Å². The first kappa shape index (κ1) is 14.3. The van der Waals surface area contributed by atoms with Gasteiger partial charge >= 0.3 is 0 Å². The molecule has 2 aliphatic carbocycles. The Balaban J connectivity index is 1.94. The summed E-state index contributed by atoms with van der Waals surface area (Å²) in [4.78, 5) is 11.5. The van der Waals surface area contributed by atoms with Crippen LogP contribution in [0.3, 0.4) is 0 Å². The summed E-state index contributed by atoms with van der Waals surface area (Å²) < 4.78 is 21.0. The lowest BCUT2D eigenvalue weighted by atomic mass is 9.62. The van der Waals surface area contributed by atoms with Gasteiger partial charge in [0.05, 0.1) is 7.11 Å². The third-order valence-corrected chi connectivity index (χ3v) is 5.25. The van der Waals surface area contributed by atoms with Crippen molar-refractivity contribution >= 4 is 11.9 Å².